The highest BCUT2D eigenvalue weighted by atomic mass is 32.1. The zero-order valence-corrected chi connectivity index (χ0v) is 17.1. The fourth-order valence-corrected chi connectivity index (χ4v) is 3.72. The average Bonchev–Trinajstić information content (AvgIpc) is 3.37. The van der Waals surface area contributed by atoms with Gasteiger partial charge in [-0.25, -0.2) is 9.97 Å². The molecule has 1 aromatic carbocycles. The predicted molar refractivity (Wildman–Crippen MR) is 111 cm³/mol. The molecular formula is C20H16F3N5O2S. The number of carbonyl (C=O) groups is 1. The normalized spacial score (nSPS) is 11.5. The van der Waals surface area contributed by atoms with Gasteiger partial charge in [0.15, 0.2) is 10.8 Å². The molecule has 0 saturated carbocycles. The Hall–Kier alpha value is -3.60. The molecule has 4 rings (SSSR count). The van der Waals surface area contributed by atoms with Crippen LogP contribution in [0.25, 0.3) is 17.0 Å². The van der Waals surface area contributed by atoms with Crippen molar-refractivity contribution >= 4 is 33.7 Å². The van der Waals surface area contributed by atoms with Crippen LogP contribution >= 0.6 is 11.3 Å². The Balaban J connectivity index is 1.69. The number of fused-ring (bicyclic) bond motifs is 1. The van der Waals surface area contributed by atoms with E-state index < -0.39 is 11.9 Å². The van der Waals surface area contributed by atoms with Crippen LogP contribution in [0.15, 0.2) is 48.0 Å². The van der Waals surface area contributed by atoms with E-state index in [0.717, 1.165) is 11.3 Å². The number of alkyl halides is 3. The van der Waals surface area contributed by atoms with E-state index in [1.54, 1.807) is 30.3 Å². The summed E-state index contributed by atoms with van der Waals surface area (Å²) >= 11 is 1.16. The number of benzene rings is 1. The standard InChI is InChI=1S/C20H16F3N5O2S/c1-24-18(29)11-3-5-12(6-4-11)25-19-26-14(10-31-19)16-17(20(21,22)23)27-15-9-13(30-2)7-8-28(15)16/h3-10H,1-2H3,(H,24,29)(H,25,26). The number of ether oxygens (including phenoxy) is 1. The molecule has 0 saturated heterocycles. The van der Waals surface area contributed by atoms with Crippen molar-refractivity contribution in [2.24, 2.45) is 0 Å². The van der Waals surface area contributed by atoms with Crippen LogP contribution in [-0.4, -0.2) is 34.4 Å². The maximum Gasteiger partial charge on any atom is 0.435 e. The molecule has 0 aliphatic rings. The van der Waals surface area contributed by atoms with Gasteiger partial charge in [0.05, 0.1) is 7.11 Å². The Bertz CT molecular complexity index is 1250. The summed E-state index contributed by atoms with van der Waals surface area (Å²) in [5.74, 6) is 0.186. The van der Waals surface area contributed by atoms with Gasteiger partial charge >= 0.3 is 6.18 Å². The number of halogens is 3. The molecule has 3 aromatic heterocycles. The Labute approximate surface area is 178 Å². The molecule has 7 nitrogen and oxygen atoms in total. The molecule has 3 heterocycles. The van der Waals surface area contributed by atoms with Gasteiger partial charge in [0, 0.05) is 35.9 Å². The Kier molecular flexibility index (Phi) is 5.27. The molecule has 11 heteroatoms. The highest BCUT2D eigenvalue weighted by Crippen LogP contribution is 2.39. The quantitative estimate of drug-likeness (QED) is 0.468. The number of amides is 1. The second kappa shape index (κ2) is 7.91. The highest BCUT2D eigenvalue weighted by molar-refractivity contribution is 7.14. The molecule has 31 heavy (non-hydrogen) atoms. The van der Waals surface area contributed by atoms with E-state index in [9.17, 15) is 18.0 Å². The topological polar surface area (TPSA) is 80.5 Å². The van der Waals surface area contributed by atoms with Crippen LogP contribution in [0.4, 0.5) is 24.0 Å². The van der Waals surface area contributed by atoms with Crippen LogP contribution in [-0.2, 0) is 6.18 Å². The molecule has 0 spiro atoms. The van der Waals surface area contributed by atoms with Gasteiger partial charge in [-0.3, -0.25) is 9.20 Å². The molecule has 0 radical (unpaired) electrons. The fraction of sp³-hybridized carbons (Fsp3) is 0.150. The van der Waals surface area contributed by atoms with E-state index in [1.807, 2.05) is 0 Å². The lowest BCUT2D eigenvalue weighted by Crippen LogP contribution is -2.17. The number of pyridine rings is 1. The Morgan fingerprint density at radius 2 is 1.90 bits per heavy atom. The number of thiazole rings is 1. The lowest BCUT2D eigenvalue weighted by Gasteiger charge is -2.06. The number of aromatic nitrogens is 3. The first-order valence-electron chi connectivity index (χ1n) is 8.98. The van der Waals surface area contributed by atoms with E-state index in [0.29, 0.717) is 22.1 Å². The first-order valence-corrected chi connectivity index (χ1v) is 9.86. The van der Waals surface area contributed by atoms with Crippen molar-refractivity contribution in [3.63, 3.8) is 0 Å². The van der Waals surface area contributed by atoms with Crippen molar-refractivity contribution < 1.29 is 22.7 Å². The monoisotopic (exact) mass is 447 g/mol. The average molecular weight is 447 g/mol. The fourth-order valence-electron chi connectivity index (χ4n) is 3.01. The summed E-state index contributed by atoms with van der Waals surface area (Å²) in [7, 11) is 2.97. The number of anilines is 2. The number of carbonyl (C=O) groups excluding carboxylic acids is 1. The van der Waals surface area contributed by atoms with Crippen molar-refractivity contribution in [2.45, 2.75) is 6.18 Å². The zero-order valence-electron chi connectivity index (χ0n) is 16.3. The molecule has 0 aliphatic carbocycles. The largest absolute Gasteiger partial charge is 0.497 e. The number of methoxy groups -OCH3 is 1. The minimum Gasteiger partial charge on any atom is -0.497 e. The molecule has 1 amide bonds. The van der Waals surface area contributed by atoms with Crippen LogP contribution in [0.3, 0.4) is 0 Å². The minimum atomic E-state index is -4.65. The van der Waals surface area contributed by atoms with Gasteiger partial charge in [0.2, 0.25) is 0 Å². The van der Waals surface area contributed by atoms with Gasteiger partial charge in [-0.05, 0) is 30.3 Å². The van der Waals surface area contributed by atoms with E-state index >= 15 is 0 Å². The van der Waals surface area contributed by atoms with Crippen molar-refractivity contribution in [2.75, 3.05) is 19.5 Å². The van der Waals surface area contributed by atoms with Crippen LogP contribution in [0.5, 0.6) is 5.75 Å². The molecule has 0 atom stereocenters. The number of nitrogens with one attached hydrogen (secondary N) is 2. The summed E-state index contributed by atoms with van der Waals surface area (Å²) in [6.45, 7) is 0. The third-order valence-electron chi connectivity index (χ3n) is 4.47. The predicted octanol–water partition coefficient (Wildman–Crippen LogP) is 4.59. The van der Waals surface area contributed by atoms with Gasteiger partial charge in [-0.1, -0.05) is 0 Å². The maximum atomic E-state index is 13.7. The molecule has 0 fully saturated rings. The second-order valence-corrected chi connectivity index (χ2v) is 7.28. The van der Waals surface area contributed by atoms with Crippen molar-refractivity contribution in [1.82, 2.24) is 19.7 Å². The van der Waals surface area contributed by atoms with Crippen molar-refractivity contribution in [1.29, 1.82) is 0 Å². The SMILES string of the molecule is CNC(=O)c1ccc(Nc2nc(-c3c(C(F)(F)F)nc4cc(OC)ccn34)cs2)cc1. The molecule has 0 bridgehead atoms. The number of rotatable bonds is 5. The van der Waals surface area contributed by atoms with Gasteiger partial charge in [0.25, 0.3) is 5.91 Å². The van der Waals surface area contributed by atoms with Crippen LogP contribution in [0.1, 0.15) is 16.1 Å². The molecule has 0 aliphatic heterocycles. The van der Waals surface area contributed by atoms with E-state index in [2.05, 4.69) is 20.6 Å². The van der Waals surface area contributed by atoms with E-state index in [1.165, 1.54) is 36.2 Å². The lowest BCUT2D eigenvalue weighted by molar-refractivity contribution is -0.140. The highest BCUT2D eigenvalue weighted by Gasteiger charge is 2.39. The van der Waals surface area contributed by atoms with Gasteiger partial charge in [0.1, 0.15) is 22.8 Å². The van der Waals surface area contributed by atoms with E-state index in [4.69, 9.17) is 4.74 Å². The summed E-state index contributed by atoms with van der Waals surface area (Å²) in [6, 6.07) is 9.63. The second-order valence-electron chi connectivity index (χ2n) is 6.42. The maximum absolute atomic E-state index is 13.7. The van der Waals surface area contributed by atoms with Gasteiger partial charge < -0.3 is 15.4 Å². The summed E-state index contributed by atoms with van der Waals surface area (Å²) in [6.07, 6.45) is -3.18. The molecule has 0 unspecified atom stereocenters. The number of hydrogen-bond donors (Lipinski definition) is 2. The smallest absolute Gasteiger partial charge is 0.435 e. The minimum absolute atomic E-state index is 0.106. The molecule has 4 aromatic rings. The van der Waals surface area contributed by atoms with Gasteiger partial charge in [-0.2, -0.15) is 13.2 Å². The molecule has 2 N–H and O–H groups in total. The number of imidazole rings is 1. The summed E-state index contributed by atoms with van der Waals surface area (Å²) in [5.41, 5.74) is 0.210. The summed E-state index contributed by atoms with van der Waals surface area (Å²) < 4.78 is 47.4. The molecular weight excluding hydrogens is 431 g/mol. The van der Waals surface area contributed by atoms with Crippen LogP contribution < -0.4 is 15.4 Å². The third kappa shape index (κ3) is 4.04. The first-order chi connectivity index (χ1) is 14.8. The Morgan fingerprint density at radius 1 is 1.16 bits per heavy atom. The van der Waals surface area contributed by atoms with E-state index in [-0.39, 0.29) is 22.9 Å². The van der Waals surface area contributed by atoms with Gasteiger partial charge in [-0.15, -0.1) is 11.3 Å². The summed E-state index contributed by atoms with van der Waals surface area (Å²) in [5, 5.41) is 7.50. The molecule has 160 valence electrons. The number of hydrogen-bond acceptors (Lipinski definition) is 6. The third-order valence-corrected chi connectivity index (χ3v) is 5.23. The van der Waals surface area contributed by atoms with Crippen LogP contribution in [0.2, 0.25) is 0 Å². The van der Waals surface area contributed by atoms with Crippen molar-refractivity contribution in [3.8, 4) is 17.1 Å². The first kappa shape index (κ1) is 20.7. The Morgan fingerprint density at radius 3 is 2.55 bits per heavy atom. The number of nitrogens with zero attached hydrogens (tertiary/aromatic N) is 3. The lowest BCUT2D eigenvalue weighted by atomic mass is 10.2. The van der Waals surface area contributed by atoms with Crippen LogP contribution in [0, 0.1) is 0 Å². The zero-order chi connectivity index (χ0) is 22.2. The van der Waals surface area contributed by atoms with Crippen molar-refractivity contribution in [3.05, 3.63) is 59.2 Å². The summed E-state index contributed by atoms with van der Waals surface area (Å²) in [4.78, 5) is 19.7.